The Bertz CT molecular complexity index is 1210. The van der Waals surface area contributed by atoms with Gasteiger partial charge < -0.3 is 14.2 Å². The summed E-state index contributed by atoms with van der Waals surface area (Å²) in [6.45, 7) is 1.55. The van der Waals surface area contributed by atoms with Crippen molar-refractivity contribution >= 4 is 28.4 Å². The molecule has 170 valence electrons. The van der Waals surface area contributed by atoms with E-state index >= 15 is 0 Å². The highest BCUT2D eigenvalue weighted by atomic mass is 32.1. The van der Waals surface area contributed by atoms with Crippen LogP contribution in [0.15, 0.2) is 60.1 Å². The van der Waals surface area contributed by atoms with Crippen LogP contribution in [0.4, 0.5) is 0 Å². The number of ether oxygens (including phenoxy) is 1. The van der Waals surface area contributed by atoms with Gasteiger partial charge in [0.2, 0.25) is 5.91 Å². The maximum Gasteiger partial charge on any atom is 0.227 e. The molecule has 1 aliphatic heterocycles. The molecule has 3 aromatic heterocycles. The van der Waals surface area contributed by atoms with Gasteiger partial charge in [0.1, 0.15) is 17.1 Å². The fourth-order valence-corrected chi connectivity index (χ4v) is 5.33. The van der Waals surface area contributed by atoms with Gasteiger partial charge in [-0.15, -0.1) is 11.3 Å². The van der Waals surface area contributed by atoms with Gasteiger partial charge in [-0.1, -0.05) is 18.2 Å². The van der Waals surface area contributed by atoms with Crippen LogP contribution in [0.2, 0.25) is 0 Å². The summed E-state index contributed by atoms with van der Waals surface area (Å²) in [7, 11) is 1.69. The Morgan fingerprint density at radius 1 is 1.09 bits per heavy atom. The Labute approximate surface area is 197 Å². The molecule has 7 heteroatoms. The molecule has 0 N–H and O–H groups in total. The van der Waals surface area contributed by atoms with Gasteiger partial charge in [-0.3, -0.25) is 4.79 Å². The Morgan fingerprint density at radius 3 is 2.64 bits per heavy atom. The van der Waals surface area contributed by atoms with Gasteiger partial charge in [-0.25, -0.2) is 9.97 Å². The summed E-state index contributed by atoms with van der Waals surface area (Å²) in [5.74, 6) is 2.17. The topological polar surface area (TPSA) is 60.3 Å². The predicted octanol–water partition coefficient (Wildman–Crippen LogP) is 4.69. The molecule has 0 aliphatic carbocycles. The van der Waals surface area contributed by atoms with Crippen LogP contribution in [-0.4, -0.2) is 45.5 Å². The Morgan fingerprint density at radius 2 is 1.91 bits per heavy atom. The number of methoxy groups -OCH3 is 1. The number of carbonyl (C=O) groups is 1. The lowest BCUT2D eigenvalue weighted by molar-refractivity contribution is -0.131. The zero-order chi connectivity index (χ0) is 22.6. The average Bonchev–Trinajstić information content (AvgIpc) is 3.50. The molecule has 1 fully saturated rings. The van der Waals surface area contributed by atoms with Crippen LogP contribution in [0.1, 0.15) is 35.1 Å². The second kappa shape index (κ2) is 9.75. The van der Waals surface area contributed by atoms with Crippen molar-refractivity contribution in [3.8, 4) is 5.75 Å². The number of thiophene rings is 1. The van der Waals surface area contributed by atoms with Gasteiger partial charge in [-0.05, 0) is 60.5 Å². The Balaban J connectivity index is 1.30. The number of imidazole rings is 1. The van der Waals surface area contributed by atoms with E-state index in [0.29, 0.717) is 12.5 Å². The number of carbonyl (C=O) groups excluding carboxylic acids is 1. The molecule has 0 unspecified atom stereocenters. The van der Waals surface area contributed by atoms with Crippen molar-refractivity contribution in [2.75, 3.05) is 20.2 Å². The fraction of sp³-hybridized carbons (Fsp3) is 0.346. The molecule has 0 radical (unpaired) electrons. The number of piperidine rings is 1. The van der Waals surface area contributed by atoms with Gasteiger partial charge >= 0.3 is 0 Å². The lowest BCUT2D eigenvalue weighted by atomic mass is 10.0. The number of amides is 1. The summed E-state index contributed by atoms with van der Waals surface area (Å²) in [5.41, 5.74) is 3.15. The fourth-order valence-electron chi connectivity index (χ4n) is 4.63. The summed E-state index contributed by atoms with van der Waals surface area (Å²) in [6.07, 6.45) is 5.95. The quantitative estimate of drug-likeness (QED) is 0.401. The third-order valence-corrected chi connectivity index (χ3v) is 7.28. The summed E-state index contributed by atoms with van der Waals surface area (Å²) in [5, 5.41) is 2.03. The summed E-state index contributed by atoms with van der Waals surface area (Å²) in [4.78, 5) is 25.5. The second-order valence-electron chi connectivity index (χ2n) is 8.46. The van der Waals surface area contributed by atoms with Gasteiger partial charge in [0.15, 0.2) is 5.65 Å². The number of pyridine rings is 1. The van der Waals surface area contributed by atoms with Crippen molar-refractivity contribution in [3.63, 3.8) is 0 Å². The van der Waals surface area contributed by atoms with Crippen molar-refractivity contribution in [1.82, 2.24) is 19.4 Å². The van der Waals surface area contributed by atoms with Crippen molar-refractivity contribution in [2.45, 2.75) is 38.1 Å². The lowest BCUT2D eigenvalue weighted by Crippen LogP contribution is -2.40. The minimum atomic E-state index is 0.226. The zero-order valence-corrected chi connectivity index (χ0v) is 19.6. The number of likely N-dealkylation sites (tertiary alicyclic amines) is 1. The number of rotatable bonds is 7. The van der Waals surface area contributed by atoms with E-state index in [4.69, 9.17) is 9.72 Å². The van der Waals surface area contributed by atoms with Crippen LogP contribution in [0, 0.1) is 0 Å². The Kier molecular flexibility index (Phi) is 6.39. The summed E-state index contributed by atoms with van der Waals surface area (Å²) in [6, 6.07) is 16.6. The third kappa shape index (κ3) is 4.78. The van der Waals surface area contributed by atoms with E-state index in [1.165, 1.54) is 5.56 Å². The first-order valence-corrected chi connectivity index (χ1v) is 12.3. The van der Waals surface area contributed by atoms with Gasteiger partial charge in [0.25, 0.3) is 0 Å². The first-order chi connectivity index (χ1) is 16.2. The maximum atomic E-state index is 12.7. The van der Waals surface area contributed by atoms with E-state index in [9.17, 15) is 4.79 Å². The van der Waals surface area contributed by atoms with E-state index in [0.717, 1.165) is 66.4 Å². The minimum Gasteiger partial charge on any atom is -0.497 e. The number of aryl methyl sites for hydroxylation is 2. The third-order valence-electron chi connectivity index (χ3n) is 6.41. The smallest absolute Gasteiger partial charge is 0.227 e. The molecule has 0 atom stereocenters. The minimum absolute atomic E-state index is 0.226. The maximum absolute atomic E-state index is 12.7. The molecule has 1 aromatic carbocycles. The lowest BCUT2D eigenvalue weighted by Gasteiger charge is -2.33. The molecule has 0 spiro atoms. The van der Waals surface area contributed by atoms with Gasteiger partial charge in [-0.2, -0.15) is 0 Å². The molecular weight excluding hydrogens is 432 g/mol. The highest BCUT2D eigenvalue weighted by Gasteiger charge is 2.27. The van der Waals surface area contributed by atoms with E-state index in [1.54, 1.807) is 18.4 Å². The molecule has 4 heterocycles. The number of aromatic nitrogens is 3. The summed E-state index contributed by atoms with van der Waals surface area (Å²) < 4.78 is 7.61. The first kappa shape index (κ1) is 21.6. The monoisotopic (exact) mass is 460 g/mol. The standard InChI is InChI=1S/C26H28N4O2S/c1-32-21-9-6-19(7-10-21)8-11-24-28-23-5-2-14-27-26(23)30(24)20-12-15-29(16-13-20)25(31)18-22-4-3-17-33-22/h2-7,9-10,14,17,20H,8,11-13,15-16,18H2,1H3. The van der Waals surface area contributed by atoms with Crippen molar-refractivity contribution in [3.05, 3.63) is 76.4 Å². The molecule has 0 saturated carbocycles. The number of hydrogen-bond acceptors (Lipinski definition) is 5. The van der Waals surface area contributed by atoms with Crippen molar-refractivity contribution in [2.24, 2.45) is 0 Å². The molecule has 5 rings (SSSR count). The van der Waals surface area contributed by atoms with Crippen LogP contribution in [0.3, 0.4) is 0 Å². The molecular formula is C26H28N4O2S. The number of nitrogens with zero attached hydrogens (tertiary/aromatic N) is 4. The molecule has 6 nitrogen and oxygen atoms in total. The van der Waals surface area contributed by atoms with E-state index in [2.05, 4.69) is 21.7 Å². The summed E-state index contributed by atoms with van der Waals surface area (Å²) >= 11 is 1.65. The number of hydrogen-bond donors (Lipinski definition) is 0. The zero-order valence-electron chi connectivity index (χ0n) is 18.8. The van der Waals surface area contributed by atoms with E-state index < -0.39 is 0 Å². The normalized spacial score (nSPS) is 14.6. The van der Waals surface area contributed by atoms with Crippen LogP contribution in [0.25, 0.3) is 11.2 Å². The molecule has 33 heavy (non-hydrogen) atoms. The molecule has 1 saturated heterocycles. The van der Waals surface area contributed by atoms with Gasteiger partial charge in [0, 0.05) is 36.6 Å². The number of fused-ring (bicyclic) bond motifs is 1. The highest BCUT2D eigenvalue weighted by Crippen LogP contribution is 2.29. The first-order valence-electron chi connectivity index (χ1n) is 11.5. The van der Waals surface area contributed by atoms with Crippen LogP contribution < -0.4 is 4.74 Å². The average molecular weight is 461 g/mol. The molecule has 1 amide bonds. The van der Waals surface area contributed by atoms with Gasteiger partial charge in [0.05, 0.1) is 13.5 Å². The van der Waals surface area contributed by atoms with E-state index in [-0.39, 0.29) is 5.91 Å². The SMILES string of the molecule is COc1ccc(CCc2nc3cccnc3n2C2CCN(C(=O)Cc3cccs3)CC2)cc1. The second-order valence-corrected chi connectivity index (χ2v) is 9.49. The molecule has 1 aliphatic rings. The largest absolute Gasteiger partial charge is 0.497 e. The van der Waals surface area contributed by atoms with Crippen molar-refractivity contribution in [1.29, 1.82) is 0 Å². The predicted molar refractivity (Wildman–Crippen MR) is 131 cm³/mol. The number of benzene rings is 1. The molecule has 0 bridgehead atoms. The van der Waals surface area contributed by atoms with Crippen LogP contribution >= 0.6 is 11.3 Å². The highest BCUT2D eigenvalue weighted by molar-refractivity contribution is 7.10. The van der Waals surface area contributed by atoms with Crippen molar-refractivity contribution < 1.29 is 9.53 Å². The Hall–Kier alpha value is -3.19. The van der Waals surface area contributed by atoms with E-state index in [1.807, 2.05) is 52.9 Å². The van der Waals surface area contributed by atoms with Crippen LogP contribution in [0.5, 0.6) is 5.75 Å². The van der Waals surface area contributed by atoms with Crippen LogP contribution in [-0.2, 0) is 24.1 Å². The molecule has 4 aromatic rings.